The van der Waals surface area contributed by atoms with E-state index in [1.807, 2.05) is 7.05 Å². The van der Waals surface area contributed by atoms with Gasteiger partial charge in [-0.3, -0.25) is 9.09 Å². The van der Waals surface area contributed by atoms with Gasteiger partial charge in [-0.15, -0.1) is 0 Å². The molecule has 0 radical (unpaired) electrons. The molecule has 15 heavy (non-hydrogen) atoms. The zero-order valence-electron chi connectivity index (χ0n) is 9.48. The Hall–Kier alpha value is 0.0700. The minimum absolute atomic E-state index is 0.129. The van der Waals surface area contributed by atoms with Gasteiger partial charge in [-0.25, -0.2) is 0 Å². The van der Waals surface area contributed by atoms with Crippen LogP contribution in [0.25, 0.3) is 0 Å². The Morgan fingerprint density at radius 1 is 1.27 bits per heavy atom. The van der Waals surface area contributed by atoms with Crippen molar-refractivity contribution in [3.63, 3.8) is 0 Å². The molecule has 1 rings (SSSR count). The molecular weight excluding hydrogens is 217 g/mol. The van der Waals surface area contributed by atoms with Crippen LogP contribution >= 0.6 is 7.82 Å². The summed E-state index contributed by atoms with van der Waals surface area (Å²) >= 11 is 0. The highest BCUT2D eigenvalue weighted by Crippen LogP contribution is 2.38. The molecule has 5 nitrogen and oxygen atoms in total. The number of phosphoric acid groups is 1. The molecule has 0 aliphatic carbocycles. The molecule has 1 aliphatic rings. The minimum atomic E-state index is -4.07. The molecule has 0 amide bonds. The van der Waals surface area contributed by atoms with Crippen molar-refractivity contribution in [2.45, 2.75) is 26.2 Å². The van der Waals surface area contributed by atoms with E-state index in [2.05, 4.69) is 4.52 Å². The fraction of sp³-hybridized carbons (Fsp3) is 1.00. The standard InChI is InChI=1S/C9H20NO4P/c1-3-13-15(11,12)14-9-10(2)7-5-4-6-8-10/h3-9H2,1-2H3. The predicted molar refractivity (Wildman–Crippen MR) is 55.0 cm³/mol. The minimum Gasteiger partial charge on any atom is -0.756 e. The van der Waals surface area contributed by atoms with Crippen LogP contribution in [0.5, 0.6) is 0 Å². The van der Waals surface area contributed by atoms with Crippen LogP contribution < -0.4 is 4.89 Å². The van der Waals surface area contributed by atoms with Gasteiger partial charge in [0.2, 0.25) is 0 Å². The van der Waals surface area contributed by atoms with Crippen molar-refractivity contribution in [2.75, 3.05) is 33.5 Å². The molecule has 0 spiro atoms. The number of quaternary nitrogens is 1. The summed E-state index contributed by atoms with van der Waals surface area (Å²) in [4.78, 5) is 11.2. The summed E-state index contributed by atoms with van der Waals surface area (Å²) in [5, 5.41) is 0. The van der Waals surface area contributed by atoms with E-state index in [9.17, 15) is 9.46 Å². The first-order valence-corrected chi connectivity index (χ1v) is 6.87. The lowest BCUT2D eigenvalue weighted by Crippen LogP contribution is -2.49. The Kier molecular flexibility index (Phi) is 4.74. The van der Waals surface area contributed by atoms with Gasteiger partial charge in [-0.1, -0.05) is 0 Å². The molecule has 1 fully saturated rings. The predicted octanol–water partition coefficient (Wildman–Crippen LogP) is 1.10. The fourth-order valence-corrected chi connectivity index (χ4v) is 2.62. The van der Waals surface area contributed by atoms with Crippen molar-refractivity contribution >= 4 is 7.82 Å². The van der Waals surface area contributed by atoms with Gasteiger partial charge in [0.15, 0.2) is 6.73 Å². The van der Waals surface area contributed by atoms with Crippen LogP contribution in [-0.2, 0) is 13.6 Å². The van der Waals surface area contributed by atoms with E-state index in [0.29, 0.717) is 4.48 Å². The lowest BCUT2D eigenvalue weighted by atomic mass is 10.1. The van der Waals surface area contributed by atoms with Crippen LogP contribution in [0.4, 0.5) is 0 Å². The van der Waals surface area contributed by atoms with Gasteiger partial charge >= 0.3 is 0 Å². The van der Waals surface area contributed by atoms with Gasteiger partial charge in [-0.2, -0.15) is 0 Å². The summed E-state index contributed by atoms with van der Waals surface area (Å²) in [6.07, 6.45) is 3.50. The highest BCUT2D eigenvalue weighted by molar-refractivity contribution is 7.45. The fourth-order valence-electron chi connectivity index (χ4n) is 1.81. The molecule has 0 saturated carbocycles. The molecule has 0 N–H and O–H groups in total. The first kappa shape index (κ1) is 13.1. The van der Waals surface area contributed by atoms with Gasteiger partial charge in [0.1, 0.15) is 0 Å². The van der Waals surface area contributed by atoms with Crippen molar-refractivity contribution in [2.24, 2.45) is 0 Å². The van der Waals surface area contributed by atoms with E-state index in [0.717, 1.165) is 25.9 Å². The van der Waals surface area contributed by atoms with Gasteiger partial charge in [0.25, 0.3) is 7.82 Å². The molecule has 1 unspecified atom stereocenters. The first-order chi connectivity index (χ1) is 6.97. The lowest BCUT2D eigenvalue weighted by Gasteiger charge is -2.38. The van der Waals surface area contributed by atoms with Crippen molar-refractivity contribution in [1.29, 1.82) is 0 Å². The number of hydrogen-bond acceptors (Lipinski definition) is 4. The monoisotopic (exact) mass is 237 g/mol. The summed E-state index contributed by atoms with van der Waals surface area (Å²) in [5.74, 6) is 0. The van der Waals surface area contributed by atoms with Crippen molar-refractivity contribution in [1.82, 2.24) is 0 Å². The lowest BCUT2D eigenvalue weighted by molar-refractivity contribution is -0.929. The molecule has 1 atom stereocenters. The molecule has 0 aromatic heterocycles. The van der Waals surface area contributed by atoms with E-state index in [1.165, 1.54) is 6.42 Å². The van der Waals surface area contributed by atoms with E-state index in [1.54, 1.807) is 6.92 Å². The van der Waals surface area contributed by atoms with Gasteiger partial charge < -0.3 is 13.9 Å². The van der Waals surface area contributed by atoms with E-state index < -0.39 is 7.82 Å². The highest BCUT2D eigenvalue weighted by Gasteiger charge is 2.26. The highest BCUT2D eigenvalue weighted by atomic mass is 31.2. The maximum Gasteiger partial charge on any atom is 0.272 e. The zero-order valence-corrected chi connectivity index (χ0v) is 10.4. The third-order valence-corrected chi connectivity index (χ3v) is 3.72. The third kappa shape index (κ3) is 4.62. The van der Waals surface area contributed by atoms with E-state index in [4.69, 9.17) is 4.52 Å². The molecule has 0 aromatic rings. The topological polar surface area (TPSA) is 58.6 Å². The smallest absolute Gasteiger partial charge is 0.272 e. The van der Waals surface area contributed by atoms with Crippen molar-refractivity contribution in [3.8, 4) is 0 Å². The van der Waals surface area contributed by atoms with E-state index >= 15 is 0 Å². The van der Waals surface area contributed by atoms with Gasteiger partial charge in [0, 0.05) is 0 Å². The molecule has 1 saturated heterocycles. The second-order valence-corrected chi connectivity index (χ2v) is 5.66. The molecule has 6 heteroatoms. The zero-order chi connectivity index (χ0) is 11.4. The Bertz CT molecular complexity index is 240. The normalized spacial score (nSPS) is 24.7. The number of piperidine rings is 1. The maximum absolute atomic E-state index is 11.2. The number of phosphoric ester groups is 1. The Morgan fingerprint density at radius 2 is 1.87 bits per heavy atom. The summed E-state index contributed by atoms with van der Waals surface area (Å²) < 4.78 is 21.3. The van der Waals surface area contributed by atoms with Crippen LogP contribution in [-0.4, -0.2) is 38.0 Å². The molecule has 0 bridgehead atoms. The molecule has 1 aliphatic heterocycles. The second kappa shape index (κ2) is 5.41. The van der Waals surface area contributed by atoms with E-state index in [-0.39, 0.29) is 13.3 Å². The third-order valence-electron chi connectivity index (χ3n) is 2.71. The van der Waals surface area contributed by atoms with Crippen LogP contribution in [0, 0.1) is 0 Å². The quantitative estimate of drug-likeness (QED) is 0.530. The summed E-state index contributed by atoms with van der Waals surface area (Å²) in [6.45, 7) is 3.91. The van der Waals surface area contributed by atoms with Crippen molar-refractivity contribution in [3.05, 3.63) is 0 Å². The number of likely N-dealkylation sites (tertiary alicyclic amines) is 1. The average molecular weight is 237 g/mol. The SMILES string of the molecule is CCOP(=O)([O-])OC[N+]1(C)CCCCC1. The first-order valence-electron chi connectivity index (χ1n) is 5.41. The number of hydrogen-bond donors (Lipinski definition) is 0. The number of nitrogens with zero attached hydrogens (tertiary/aromatic N) is 1. The summed E-state index contributed by atoms with van der Waals surface area (Å²) in [6, 6.07) is 0. The van der Waals surface area contributed by atoms with Crippen LogP contribution in [0.15, 0.2) is 0 Å². The van der Waals surface area contributed by atoms with Crippen LogP contribution in [0.3, 0.4) is 0 Å². The Labute approximate surface area is 91.2 Å². The van der Waals surface area contributed by atoms with Crippen LogP contribution in [0.2, 0.25) is 0 Å². The van der Waals surface area contributed by atoms with Crippen molar-refractivity contribution < 1.29 is 23.0 Å². The molecule has 0 aromatic carbocycles. The Balaban J connectivity index is 2.37. The summed E-state index contributed by atoms with van der Waals surface area (Å²) in [7, 11) is -2.05. The Morgan fingerprint density at radius 3 is 2.40 bits per heavy atom. The molecule has 90 valence electrons. The second-order valence-electron chi connectivity index (χ2n) is 4.25. The summed E-state index contributed by atoms with van der Waals surface area (Å²) in [5.41, 5.74) is 0. The van der Waals surface area contributed by atoms with Gasteiger partial charge in [-0.05, 0) is 26.2 Å². The number of rotatable bonds is 5. The molecule has 1 heterocycles. The average Bonchev–Trinajstić information content (AvgIpc) is 2.17. The molecular formula is C9H20NO4P. The van der Waals surface area contributed by atoms with Crippen LogP contribution in [0.1, 0.15) is 26.2 Å². The maximum atomic E-state index is 11.2. The largest absolute Gasteiger partial charge is 0.756 e. The van der Waals surface area contributed by atoms with Gasteiger partial charge in [0.05, 0.1) is 26.7 Å².